The normalized spacial score (nSPS) is 10.4. The zero-order valence-corrected chi connectivity index (χ0v) is 8.95. The van der Waals surface area contributed by atoms with Gasteiger partial charge >= 0.3 is 0 Å². The van der Waals surface area contributed by atoms with Crippen LogP contribution in [-0.2, 0) is 6.54 Å². The molecule has 0 radical (unpaired) electrons. The Morgan fingerprint density at radius 3 is 2.93 bits per heavy atom. The minimum Gasteiger partial charge on any atom is -0.324 e. The van der Waals surface area contributed by atoms with Gasteiger partial charge in [0.05, 0.1) is 6.54 Å². The molecular weight excluding hydrogens is 244 g/mol. The molecule has 0 fully saturated rings. The van der Waals surface area contributed by atoms with Crippen LogP contribution in [0.15, 0.2) is 28.7 Å². The van der Waals surface area contributed by atoms with E-state index in [9.17, 15) is 0 Å². The van der Waals surface area contributed by atoms with Gasteiger partial charge in [-0.05, 0) is 12.1 Å². The molecule has 0 atom stereocenters. The summed E-state index contributed by atoms with van der Waals surface area (Å²) in [6.45, 7) is 0.376. The molecule has 0 amide bonds. The molecule has 5 heteroatoms. The third-order valence-electron chi connectivity index (χ3n) is 1.81. The van der Waals surface area contributed by atoms with Gasteiger partial charge in [0.25, 0.3) is 0 Å². The summed E-state index contributed by atoms with van der Waals surface area (Å²) in [5, 5.41) is 6.83. The third kappa shape index (κ3) is 1.83. The van der Waals surface area contributed by atoms with E-state index in [-0.39, 0.29) is 0 Å². The predicted octanol–water partition coefficient (Wildman–Crippen LogP) is 1.69. The first-order valence-corrected chi connectivity index (χ1v) is 4.96. The van der Waals surface area contributed by atoms with Crippen LogP contribution in [0.25, 0.3) is 11.4 Å². The van der Waals surface area contributed by atoms with Crippen molar-refractivity contribution in [1.82, 2.24) is 15.2 Å². The SMILES string of the molecule is NCc1nc(-c2cccc(Br)c2)n[nH]1. The monoisotopic (exact) mass is 252 g/mol. The van der Waals surface area contributed by atoms with E-state index < -0.39 is 0 Å². The van der Waals surface area contributed by atoms with Crippen LogP contribution in [0.4, 0.5) is 0 Å². The van der Waals surface area contributed by atoms with Crippen molar-refractivity contribution in [2.24, 2.45) is 5.73 Å². The fourth-order valence-electron chi connectivity index (χ4n) is 1.14. The number of nitrogens with two attached hydrogens (primary N) is 1. The van der Waals surface area contributed by atoms with Gasteiger partial charge in [-0.25, -0.2) is 4.98 Å². The Morgan fingerprint density at radius 1 is 1.43 bits per heavy atom. The maximum Gasteiger partial charge on any atom is 0.181 e. The topological polar surface area (TPSA) is 67.6 Å². The number of benzene rings is 1. The summed E-state index contributed by atoms with van der Waals surface area (Å²) in [7, 11) is 0. The van der Waals surface area contributed by atoms with Crippen LogP contribution in [0.5, 0.6) is 0 Å². The lowest BCUT2D eigenvalue weighted by Gasteiger charge is -1.94. The number of hydrogen-bond donors (Lipinski definition) is 2. The molecule has 0 aliphatic rings. The summed E-state index contributed by atoms with van der Waals surface area (Å²) in [4.78, 5) is 4.23. The first-order valence-electron chi connectivity index (χ1n) is 4.17. The molecule has 0 bridgehead atoms. The van der Waals surface area contributed by atoms with Gasteiger partial charge in [-0.2, -0.15) is 5.10 Å². The average molecular weight is 253 g/mol. The van der Waals surface area contributed by atoms with Gasteiger partial charge in [0.2, 0.25) is 0 Å². The first kappa shape index (κ1) is 9.36. The lowest BCUT2D eigenvalue weighted by Crippen LogP contribution is -1.97. The van der Waals surface area contributed by atoms with Crippen LogP contribution in [0, 0.1) is 0 Å². The first-order chi connectivity index (χ1) is 6.79. The molecule has 1 aromatic carbocycles. The zero-order valence-electron chi connectivity index (χ0n) is 7.37. The van der Waals surface area contributed by atoms with Crippen LogP contribution in [-0.4, -0.2) is 15.2 Å². The largest absolute Gasteiger partial charge is 0.324 e. The van der Waals surface area contributed by atoms with E-state index in [1.165, 1.54) is 0 Å². The van der Waals surface area contributed by atoms with Gasteiger partial charge in [0, 0.05) is 10.0 Å². The molecule has 72 valence electrons. The number of rotatable bonds is 2. The molecule has 0 saturated carbocycles. The van der Waals surface area contributed by atoms with Crippen molar-refractivity contribution in [2.45, 2.75) is 6.54 Å². The van der Waals surface area contributed by atoms with Crippen LogP contribution in [0.1, 0.15) is 5.82 Å². The molecule has 2 aromatic rings. The van der Waals surface area contributed by atoms with Crippen molar-refractivity contribution >= 4 is 15.9 Å². The van der Waals surface area contributed by atoms with E-state index in [1.807, 2.05) is 24.3 Å². The smallest absolute Gasteiger partial charge is 0.181 e. The van der Waals surface area contributed by atoms with E-state index in [2.05, 4.69) is 31.1 Å². The average Bonchev–Trinajstić information content (AvgIpc) is 2.66. The van der Waals surface area contributed by atoms with Gasteiger partial charge in [-0.3, -0.25) is 5.10 Å². The van der Waals surface area contributed by atoms with Crippen LogP contribution in [0.3, 0.4) is 0 Å². The number of aromatic amines is 1. The highest BCUT2D eigenvalue weighted by Gasteiger charge is 2.04. The number of H-pyrrole nitrogens is 1. The summed E-state index contributed by atoms with van der Waals surface area (Å²) < 4.78 is 1.01. The highest BCUT2D eigenvalue weighted by atomic mass is 79.9. The standard InChI is InChI=1S/C9H9BrN4/c10-7-3-1-2-6(4-7)9-12-8(5-11)13-14-9/h1-4H,5,11H2,(H,12,13,14). The summed E-state index contributed by atoms with van der Waals surface area (Å²) in [6, 6.07) is 7.82. The third-order valence-corrected chi connectivity index (χ3v) is 2.30. The van der Waals surface area contributed by atoms with E-state index in [0.717, 1.165) is 10.0 Å². The number of aromatic nitrogens is 3. The molecule has 0 aliphatic carbocycles. The predicted molar refractivity (Wildman–Crippen MR) is 57.4 cm³/mol. The Bertz CT molecular complexity index is 438. The molecule has 0 unspecified atom stereocenters. The second kappa shape index (κ2) is 3.89. The maximum atomic E-state index is 5.43. The summed E-state index contributed by atoms with van der Waals surface area (Å²) in [5.74, 6) is 1.37. The van der Waals surface area contributed by atoms with Crippen molar-refractivity contribution in [3.05, 3.63) is 34.6 Å². The molecule has 4 nitrogen and oxygen atoms in total. The van der Waals surface area contributed by atoms with Gasteiger partial charge in [0.15, 0.2) is 5.82 Å². The summed E-state index contributed by atoms with van der Waals surface area (Å²) in [5.41, 5.74) is 6.40. The lowest BCUT2D eigenvalue weighted by atomic mass is 10.2. The van der Waals surface area contributed by atoms with Crippen LogP contribution >= 0.6 is 15.9 Å². The minimum atomic E-state index is 0.376. The molecule has 14 heavy (non-hydrogen) atoms. The summed E-state index contributed by atoms with van der Waals surface area (Å²) in [6.07, 6.45) is 0. The van der Waals surface area contributed by atoms with E-state index in [0.29, 0.717) is 18.2 Å². The van der Waals surface area contributed by atoms with Gasteiger partial charge in [0.1, 0.15) is 5.82 Å². The fraction of sp³-hybridized carbons (Fsp3) is 0.111. The number of hydrogen-bond acceptors (Lipinski definition) is 3. The number of nitrogens with zero attached hydrogens (tertiary/aromatic N) is 2. The van der Waals surface area contributed by atoms with Crippen molar-refractivity contribution in [3.63, 3.8) is 0 Å². The number of nitrogens with one attached hydrogen (secondary N) is 1. The maximum absolute atomic E-state index is 5.43. The van der Waals surface area contributed by atoms with E-state index >= 15 is 0 Å². The molecule has 1 heterocycles. The molecule has 3 N–H and O–H groups in total. The quantitative estimate of drug-likeness (QED) is 0.855. The van der Waals surface area contributed by atoms with Crippen molar-refractivity contribution < 1.29 is 0 Å². The Hall–Kier alpha value is -1.20. The second-order valence-electron chi connectivity index (χ2n) is 2.82. The Balaban J connectivity index is 2.39. The zero-order chi connectivity index (χ0) is 9.97. The Kier molecular flexibility index (Phi) is 2.60. The minimum absolute atomic E-state index is 0.376. The Labute approximate surface area is 89.7 Å². The highest BCUT2D eigenvalue weighted by Crippen LogP contribution is 2.19. The molecule has 0 aliphatic heterocycles. The molecule has 2 rings (SSSR count). The lowest BCUT2D eigenvalue weighted by molar-refractivity contribution is 0.917. The fourth-order valence-corrected chi connectivity index (χ4v) is 1.54. The molecule has 0 saturated heterocycles. The van der Waals surface area contributed by atoms with Crippen molar-refractivity contribution in [2.75, 3.05) is 0 Å². The van der Waals surface area contributed by atoms with Gasteiger partial charge < -0.3 is 5.73 Å². The Morgan fingerprint density at radius 2 is 2.29 bits per heavy atom. The van der Waals surface area contributed by atoms with Crippen molar-refractivity contribution in [1.29, 1.82) is 0 Å². The summed E-state index contributed by atoms with van der Waals surface area (Å²) >= 11 is 3.39. The number of halogens is 1. The van der Waals surface area contributed by atoms with Gasteiger partial charge in [-0.1, -0.05) is 28.1 Å². The van der Waals surface area contributed by atoms with Crippen LogP contribution < -0.4 is 5.73 Å². The van der Waals surface area contributed by atoms with Crippen molar-refractivity contribution in [3.8, 4) is 11.4 Å². The van der Waals surface area contributed by atoms with E-state index in [4.69, 9.17) is 5.73 Å². The van der Waals surface area contributed by atoms with Gasteiger partial charge in [-0.15, -0.1) is 0 Å². The highest BCUT2D eigenvalue weighted by molar-refractivity contribution is 9.10. The molecule has 0 spiro atoms. The molecule has 1 aromatic heterocycles. The molecular formula is C9H9BrN4. The van der Waals surface area contributed by atoms with Crippen LogP contribution in [0.2, 0.25) is 0 Å². The van der Waals surface area contributed by atoms with E-state index in [1.54, 1.807) is 0 Å². The second-order valence-corrected chi connectivity index (χ2v) is 3.74.